The summed E-state index contributed by atoms with van der Waals surface area (Å²) in [4.78, 5) is 3.07. The van der Waals surface area contributed by atoms with Crippen LogP contribution in [0.3, 0.4) is 0 Å². The lowest BCUT2D eigenvalue weighted by molar-refractivity contribution is 0.629. The number of imidazole rings is 1. The molecule has 0 radical (unpaired) electrons. The molecule has 3 rings (SSSR count). The highest BCUT2D eigenvalue weighted by atomic mass is 32.1. The minimum absolute atomic E-state index is 0.261. The summed E-state index contributed by atoms with van der Waals surface area (Å²) in [5, 5.41) is 0. The van der Waals surface area contributed by atoms with Gasteiger partial charge < -0.3 is 4.98 Å². The molecule has 102 valence electrons. The van der Waals surface area contributed by atoms with E-state index in [1.165, 1.54) is 17.7 Å². The van der Waals surface area contributed by atoms with Crippen LogP contribution in [-0.2, 0) is 6.42 Å². The summed E-state index contributed by atoms with van der Waals surface area (Å²) in [6, 6.07) is 12.9. The van der Waals surface area contributed by atoms with Crippen molar-refractivity contribution >= 4 is 23.3 Å². The van der Waals surface area contributed by atoms with E-state index in [0.29, 0.717) is 4.77 Å². The molecule has 3 aromatic rings. The van der Waals surface area contributed by atoms with Gasteiger partial charge in [-0.1, -0.05) is 31.5 Å². The fourth-order valence-corrected chi connectivity index (χ4v) is 2.84. The van der Waals surface area contributed by atoms with E-state index in [1.807, 2.05) is 16.7 Å². The number of fused-ring (bicyclic) bond motifs is 1. The molecule has 0 aliphatic carbocycles. The van der Waals surface area contributed by atoms with Crippen LogP contribution in [-0.4, -0.2) is 9.55 Å². The second-order valence-electron chi connectivity index (χ2n) is 4.81. The molecule has 1 aromatic heterocycles. The molecule has 2 aromatic carbocycles. The van der Waals surface area contributed by atoms with Crippen LogP contribution in [0.2, 0.25) is 0 Å². The molecule has 0 fully saturated rings. The summed E-state index contributed by atoms with van der Waals surface area (Å²) in [5.41, 5.74) is 3.94. The predicted octanol–water partition coefficient (Wildman–Crippen LogP) is 4.78. The van der Waals surface area contributed by atoms with Gasteiger partial charge in [-0.05, 0) is 48.5 Å². The number of aromatic nitrogens is 2. The summed E-state index contributed by atoms with van der Waals surface area (Å²) in [6.45, 7) is 2.15. The monoisotopic (exact) mass is 286 g/mol. The van der Waals surface area contributed by atoms with E-state index >= 15 is 0 Å². The molecular formula is C16H15FN2S. The Balaban J connectivity index is 2.30. The van der Waals surface area contributed by atoms with Crippen LogP contribution in [0.1, 0.15) is 18.9 Å². The molecule has 0 spiro atoms. The third kappa shape index (κ3) is 2.16. The number of hydrogen-bond acceptors (Lipinski definition) is 1. The molecular weight excluding hydrogens is 271 g/mol. The number of nitrogens with zero attached hydrogens (tertiary/aromatic N) is 1. The Bertz CT molecular complexity index is 817. The molecule has 0 amide bonds. The fourth-order valence-electron chi connectivity index (χ4n) is 2.53. The van der Waals surface area contributed by atoms with Gasteiger partial charge in [0.1, 0.15) is 5.82 Å². The zero-order valence-corrected chi connectivity index (χ0v) is 12.0. The van der Waals surface area contributed by atoms with Gasteiger partial charge >= 0.3 is 0 Å². The first-order valence-electron chi connectivity index (χ1n) is 6.69. The topological polar surface area (TPSA) is 20.7 Å². The van der Waals surface area contributed by atoms with Crippen LogP contribution in [0.15, 0.2) is 42.5 Å². The highest BCUT2D eigenvalue weighted by molar-refractivity contribution is 7.71. The zero-order chi connectivity index (χ0) is 14.1. The molecule has 20 heavy (non-hydrogen) atoms. The highest BCUT2D eigenvalue weighted by Gasteiger charge is 2.10. The van der Waals surface area contributed by atoms with Crippen molar-refractivity contribution in [3.05, 3.63) is 58.6 Å². The number of aryl methyl sites for hydroxylation is 1. The van der Waals surface area contributed by atoms with E-state index in [0.717, 1.165) is 29.6 Å². The number of para-hydroxylation sites is 1. The maximum absolute atomic E-state index is 13.3. The minimum atomic E-state index is -0.261. The number of nitrogens with one attached hydrogen (secondary N) is 1. The van der Waals surface area contributed by atoms with Crippen molar-refractivity contribution < 1.29 is 4.39 Å². The van der Waals surface area contributed by atoms with Gasteiger partial charge in [0.05, 0.1) is 16.7 Å². The number of halogens is 1. The Hall–Kier alpha value is -1.94. The molecule has 0 aliphatic heterocycles. The maximum Gasteiger partial charge on any atom is 0.182 e. The van der Waals surface area contributed by atoms with E-state index in [-0.39, 0.29) is 5.82 Å². The van der Waals surface area contributed by atoms with Crippen molar-refractivity contribution in [2.75, 3.05) is 0 Å². The quantitative estimate of drug-likeness (QED) is 0.687. The summed E-state index contributed by atoms with van der Waals surface area (Å²) in [6.07, 6.45) is 2.06. The first kappa shape index (κ1) is 13.1. The average molecular weight is 286 g/mol. The Morgan fingerprint density at radius 3 is 2.80 bits per heavy atom. The first-order valence-corrected chi connectivity index (χ1v) is 7.10. The normalized spacial score (nSPS) is 11.1. The molecule has 2 nitrogen and oxygen atoms in total. The Morgan fingerprint density at radius 1 is 1.20 bits per heavy atom. The van der Waals surface area contributed by atoms with Crippen molar-refractivity contribution in [3.63, 3.8) is 0 Å². The number of benzene rings is 2. The number of rotatable bonds is 3. The number of aromatic amines is 1. The molecule has 0 atom stereocenters. The van der Waals surface area contributed by atoms with Crippen LogP contribution < -0.4 is 0 Å². The highest BCUT2D eigenvalue weighted by Crippen LogP contribution is 2.23. The fraction of sp³-hybridized carbons (Fsp3) is 0.188. The van der Waals surface area contributed by atoms with Crippen LogP contribution >= 0.6 is 12.2 Å². The number of hydrogen-bond donors (Lipinski definition) is 1. The Morgan fingerprint density at radius 2 is 2.00 bits per heavy atom. The van der Waals surface area contributed by atoms with E-state index in [9.17, 15) is 4.39 Å². The van der Waals surface area contributed by atoms with Gasteiger partial charge in [0.15, 0.2) is 4.77 Å². The van der Waals surface area contributed by atoms with E-state index < -0.39 is 0 Å². The summed E-state index contributed by atoms with van der Waals surface area (Å²) < 4.78 is 15.9. The molecule has 0 saturated heterocycles. The standard InChI is InChI=1S/C16H15FN2S/c1-2-5-11-6-3-4-7-14(11)19-15-9-8-12(17)10-13(15)18-16(19)20/h3-4,6-10H,2,5H2,1H3,(H,18,20). The summed E-state index contributed by atoms with van der Waals surface area (Å²) in [5.74, 6) is -0.261. The van der Waals surface area contributed by atoms with Crippen LogP contribution in [0.5, 0.6) is 0 Å². The van der Waals surface area contributed by atoms with Gasteiger partial charge in [-0.25, -0.2) is 4.39 Å². The smallest absolute Gasteiger partial charge is 0.182 e. The second-order valence-corrected chi connectivity index (χ2v) is 5.19. The molecule has 0 saturated carbocycles. The van der Waals surface area contributed by atoms with Gasteiger partial charge in [-0.15, -0.1) is 0 Å². The lowest BCUT2D eigenvalue weighted by Crippen LogP contribution is -1.99. The Kier molecular flexibility index (Phi) is 3.40. The number of H-pyrrole nitrogens is 1. The van der Waals surface area contributed by atoms with Crippen LogP contribution in [0, 0.1) is 10.6 Å². The zero-order valence-electron chi connectivity index (χ0n) is 11.2. The van der Waals surface area contributed by atoms with Crippen LogP contribution in [0.4, 0.5) is 4.39 Å². The minimum Gasteiger partial charge on any atom is -0.330 e. The van der Waals surface area contributed by atoms with Gasteiger partial charge in [-0.2, -0.15) is 0 Å². The van der Waals surface area contributed by atoms with Gasteiger partial charge in [0.25, 0.3) is 0 Å². The molecule has 0 bridgehead atoms. The largest absolute Gasteiger partial charge is 0.330 e. The van der Waals surface area contributed by atoms with Crippen molar-refractivity contribution in [2.24, 2.45) is 0 Å². The Labute approximate surface area is 121 Å². The molecule has 0 unspecified atom stereocenters. The van der Waals surface area contributed by atoms with E-state index in [4.69, 9.17) is 12.2 Å². The third-order valence-electron chi connectivity index (χ3n) is 3.40. The molecule has 4 heteroatoms. The third-order valence-corrected chi connectivity index (χ3v) is 3.68. The molecule has 1 heterocycles. The SMILES string of the molecule is CCCc1ccccc1-n1c(=S)[nH]c2cc(F)ccc21. The van der Waals surface area contributed by atoms with E-state index in [1.54, 1.807) is 6.07 Å². The van der Waals surface area contributed by atoms with Gasteiger partial charge in [0, 0.05) is 0 Å². The van der Waals surface area contributed by atoms with Crippen molar-refractivity contribution in [3.8, 4) is 5.69 Å². The summed E-state index contributed by atoms with van der Waals surface area (Å²) >= 11 is 5.41. The summed E-state index contributed by atoms with van der Waals surface area (Å²) in [7, 11) is 0. The van der Waals surface area contributed by atoms with Crippen molar-refractivity contribution in [1.82, 2.24) is 9.55 Å². The average Bonchev–Trinajstić information content (AvgIpc) is 2.75. The molecule has 0 aliphatic rings. The lowest BCUT2D eigenvalue weighted by atomic mass is 10.1. The van der Waals surface area contributed by atoms with Crippen molar-refractivity contribution in [1.29, 1.82) is 0 Å². The lowest BCUT2D eigenvalue weighted by Gasteiger charge is -2.10. The predicted molar refractivity (Wildman–Crippen MR) is 82.4 cm³/mol. The van der Waals surface area contributed by atoms with Gasteiger partial charge in [0.2, 0.25) is 0 Å². The van der Waals surface area contributed by atoms with E-state index in [2.05, 4.69) is 24.0 Å². The van der Waals surface area contributed by atoms with Gasteiger partial charge in [-0.3, -0.25) is 4.57 Å². The van der Waals surface area contributed by atoms with Crippen molar-refractivity contribution in [2.45, 2.75) is 19.8 Å². The second kappa shape index (κ2) is 5.21. The molecule has 1 N–H and O–H groups in total. The maximum atomic E-state index is 13.3. The first-order chi connectivity index (χ1) is 9.70. The van der Waals surface area contributed by atoms with Crippen LogP contribution in [0.25, 0.3) is 16.7 Å².